The standard InChI is InChI=1S/C12H16N2O2/c1-9-6-10(8-13-9)7-12(16)14-4-2-11(15)3-5-14/h6,8,13H,2-5,7H2,1H3. The number of ketones is 1. The quantitative estimate of drug-likeness (QED) is 0.810. The molecular formula is C12H16N2O2. The van der Waals surface area contributed by atoms with E-state index in [4.69, 9.17) is 0 Å². The van der Waals surface area contributed by atoms with Crippen LogP contribution in [0, 0.1) is 6.92 Å². The Morgan fingerprint density at radius 1 is 1.44 bits per heavy atom. The number of hydrogen-bond donors (Lipinski definition) is 1. The van der Waals surface area contributed by atoms with Crippen LogP contribution in [0.25, 0.3) is 0 Å². The Hall–Kier alpha value is -1.58. The Morgan fingerprint density at radius 3 is 2.69 bits per heavy atom. The van der Waals surface area contributed by atoms with Gasteiger partial charge in [-0.1, -0.05) is 0 Å². The van der Waals surface area contributed by atoms with Crippen molar-refractivity contribution in [1.29, 1.82) is 0 Å². The Morgan fingerprint density at radius 2 is 2.12 bits per heavy atom. The molecule has 1 aliphatic rings. The Labute approximate surface area is 94.6 Å². The third kappa shape index (κ3) is 2.51. The lowest BCUT2D eigenvalue weighted by Crippen LogP contribution is -2.39. The first-order valence-electron chi connectivity index (χ1n) is 5.58. The lowest BCUT2D eigenvalue weighted by Gasteiger charge is -2.25. The number of aromatic amines is 1. The predicted molar refractivity (Wildman–Crippen MR) is 60.1 cm³/mol. The molecule has 1 aromatic rings. The van der Waals surface area contributed by atoms with Crippen molar-refractivity contribution in [2.24, 2.45) is 0 Å². The van der Waals surface area contributed by atoms with Crippen LogP contribution in [0.5, 0.6) is 0 Å². The van der Waals surface area contributed by atoms with E-state index in [0.717, 1.165) is 11.3 Å². The smallest absolute Gasteiger partial charge is 0.227 e. The van der Waals surface area contributed by atoms with Gasteiger partial charge in [0.2, 0.25) is 5.91 Å². The number of carbonyl (C=O) groups excluding carboxylic acids is 2. The van der Waals surface area contributed by atoms with Gasteiger partial charge in [0.1, 0.15) is 5.78 Å². The number of likely N-dealkylation sites (tertiary alicyclic amines) is 1. The first-order valence-corrected chi connectivity index (χ1v) is 5.58. The summed E-state index contributed by atoms with van der Waals surface area (Å²) in [6.07, 6.45) is 3.32. The van der Waals surface area contributed by atoms with Gasteiger partial charge in [0, 0.05) is 37.8 Å². The van der Waals surface area contributed by atoms with Crippen LogP contribution in [0.3, 0.4) is 0 Å². The molecule has 1 N–H and O–H groups in total. The fourth-order valence-corrected chi connectivity index (χ4v) is 1.96. The number of piperidine rings is 1. The van der Waals surface area contributed by atoms with Crippen LogP contribution in [0.2, 0.25) is 0 Å². The van der Waals surface area contributed by atoms with Gasteiger partial charge in [0.05, 0.1) is 6.42 Å². The van der Waals surface area contributed by atoms with Gasteiger partial charge in [-0.25, -0.2) is 0 Å². The van der Waals surface area contributed by atoms with E-state index in [9.17, 15) is 9.59 Å². The van der Waals surface area contributed by atoms with Crippen molar-refractivity contribution in [3.8, 4) is 0 Å². The zero-order valence-corrected chi connectivity index (χ0v) is 9.45. The minimum atomic E-state index is 0.117. The summed E-state index contributed by atoms with van der Waals surface area (Å²) in [7, 11) is 0. The summed E-state index contributed by atoms with van der Waals surface area (Å²) < 4.78 is 0. The highest BCUT2D eigenvalue weighted by molar-refractivity contribution is 5.84. The van der Waals surface area contributed by atoms with Gasteiger partial charge in [-0.3, -0.25) is 9.59 Å². The first kappa shape index (κ1) is 10.9. The summed E-state index contributed by atoms with van der Waals surface area (Å²) in [6.45, 7) is 3.13. The summed E-state index contributed by atoms with van der Waals surface area (Å²) in [5.41, 5.74) is 2.08. The lowest BCUT2D eigenvalue weighted by atomic mass is 10.1. The third-order valence-electron chi connectivity index (χ3n) is 2.92. The second-order valence-electron chi connectivity index (χ2n) is 4.29. The maximum Gasteiger partial charge on any atom is 0.227 e. The first-order chi connectivity index (χ1) is 7.65. The van der Waals surface area contributed by atoms with E-state index in [-0.39, 0.29) is 11.7 Å². The van der Waals surface area contributed by atoms with E-state index < -0.39 is 0 Å². The maximum atomic E-state index is 11.9. The molecule has 0 unspecified atom stereocenters. The van der Waals surface area contributed by atoms with Crippen molar-refractivity contribution < 1.29 is 9.59 Å². The minimum absolute atomic E-state index is 0.117. The zero-order valence-electron chi connectivity index (χ0n) is 9.45. The average molecular weight is 220 g/mol. The second kappa shape index (κ2) is 4.51. The maximum absolute atomic E-state index is 11.9. The van der Waals surface area contributed by atoms with Crippen LogP contribution in [0.1, 0.15) is 24.1 Å². The monoisotopic (exact) mass is 220 g/mol. The van der Waals surface area contributed by atoms with Crippen molar-refractivity contribution in [2.75, 3.05) is 13.1 Å². The number of hydrogen-bond acceptors (Lipinski definition) is 2. The fourth-order valence-electron chi connectivity index (χ4n) is 1.96. The molecular weight excluding hydrogens is 204 g/mol. The molecule has 0 saturated carbocycles. The molecule has 1 amide bonds. The number of carbonyl (C=O) groups is 2. The van der Waals surface area contributed by atoms with Crippen molar-refractivity contribution in [3.63, 3.8) is 0 Å². The molecule has 2 heterocycles. The molecule has 86 valence electrons. The van der Waals surface area contributed by atoms with Gasteiger partial charge in [-0.05, 0) is 18.6 Å². The molecule has 1 aliphatic heterocycles. The molecule has 1 fully saturated rings. The largest absolute Gasteiger partial charge is 0.365 e. The fraction of sp³-hybridized carbons (Fsp3) is 0.500. The summed E-state index contributed by atoms with van der Waals surface area (Å²) in [5.74, 6) is 0.382. The predicted octanol–water partition coefficient (Wildman–Crippen LogP) is 1.06. The molecule has 0 bridgehead atoms. The highest BCUT2D eigenvalue weighted by Gasteiger charge is 2.20. The van der Waals surface area contributed by atoms with Crippen LogP contribution in [0.4, 0.5) is 0 Å². The van der Waals surface area contributed by atoms with Crippen LogP contribution in [-0.4, -0.2) is 34.7 Å². The number of aromatic nitrogens is 1. The molecule has 0 aliphatic carbocycles. The summed E-state index contributed by atoms with van der Waals surface area (Å²) in [6, 6.07) is 1.98. The van der Waals surface area contributed by atoms with Gasteiger partial charge >= 0.3 is 0 Å². The van der Waals surface area contributed by atoms with E-state index in [1.807, 2.05) is 19.2 Å². The number of amides is 1. The van der Waals surface area contributed by atoms with Gasteiger partial charge in [0.15, 0.2) is 0 Å². The molecule has 0 atom stereocenters. The number of nitrogens with zero attached hydrogens (tertiary/aromatic N) is 1. The molecule has 2 rings (SSSR count). The summed E-state index contributed by atoms with van der Waals surface area (Å²) in [4.78, 5) is 27.8. The van der Waals surface area contributed by atoms with Gasteiger partial charge in [-0.15, -0.1) is 0 Å². The van der Waals surface area contributed by atoms with Crippen molar-refractivity contribution in [1.82, 2.24) is 9.88 Å². The van der Waals surface area contributed by atoms with Gasteiger partial charge in [0.25, 0.3) is 0 Å². The van der Waals surface area contributed by atoms with Gasteiger partial charge in [-0.2, -0.15) is 0 Å². The molecule has 0 aromatic carbocycles. The molecule has 4 heteroatoms. The molecule has 16 heavy (non-hydrogen) atoms. The molecule has 4 nitrogen and oxygen atoms in total. The summed E-state index contributed by atoms with van der Waals surface area (Å²) in [5, 5.41) is 0. The van der Waals surface area contributed by atoms with Crippen molar-refractivity contribution in [3.05, 3.63) is 23.5 Å². The van der Waals surface area contributed by atoms with Crippen LogP contribution in [0.15, 0.2) is 12.3 Å². The topological polar surface area (TPSA) is 53.2 Å². The molecule has 0 radical (unpaired) electrons. The molecule has 1 aromatic heterocycles. The number of rotatable bonds is 2. The van der Waals surface area contributed by atoms with E-state index >= 15 is 0 Å². The average Bonchev–Trinajstić information content (AvgIpc) is 2.65. The van der Waals surface area contributed by atoms with E-state index in [1.165, 1.54) is 0 Å². The van der Waals surface area contributed by atoms with E-state index in [2.05, 4.69) is 4.98 Å². The molecule has 0 spiro atoms. The lowest BCUT2D eigenvalue weighted by molar-refractivity contribution is -0.133. The van der Waals surface area contributed by atoms with Crippen LogP contribution < -0.4 is 0 Å². The zero-order chi connectivity index (χ0) is 11.5. The van der Waals surface area contributed by atoms with Crippen molar-refractivity contribution in [2.45, 2.75) is 26.2 Å². The van der Waals surface area contributed by atoms with Crippen molar-refractivity contribution >= 4 is 11.7 Å². The Balaban J connectivity index is 1.91. The highest BCUT2D eigenvalue weighted by Crippen LogP contribution is 2.10. The number of Topliss-reactive ketones (excluding diaryl/α,β-unsaturated/α-hetero) is 1. The van der Waals surface area contributed by atoms with Crippen LogP contribution in [-0.2, 0) is 16.0 Å². The second-order valence-corrected chi connectivity index (χ2v) is 4.29. The Bertz CT molecular complexity index is 399. The molecule has 1 saturated heterocycles. The van der Waals surface area contributed by atoms with Crippen LogP contribution >= 0.6 is 0 Å². The number of nitrogens with one attached hydrogen (secondary N) is 1. The SMILES string of the molecule is Cc1cc(CC(=O)N2CCC(=O)CC2)c[nH]1. The number of aryl methyl sites for hydroxylation is 1. The summed E-state index contributed by atoms with van der Waals surface area (Å²) >= 11 is 0. The normalized spacial score (nSPS) is 16.6. The third-order valence-corrected chi connectivity index (χ3v) is 2.92. The number of H-pyrrole nitrogens is 1. The van der Waals surface area contributed by atoms with Gasteiger partial charge < -0.3 is 9.88 Å². The van der Waals surface area contributed by atoms with E-state index in [1.54, 1.807) is 4.90 Å². The highest BCUT2D eigenvalue weighted by atomic mass is 16.2. The van der Waals surface area contributed by atoms with E-state index in [0.29, 0.717) is 32.4 Å². The Kier molecular flexibility index (Phi) is 3.08. The minimum Gasteiger partial charge on any atom is -0.365 e.